The van der Waals surface area contributed by atoms with Crippen LogP contribution >= 0.6 is 0 Å². The molecule has 1 aliphatic heterocycles. The summed E-state index contributed by atoms with van der Waals surface area (Å²) in [5.41, 5.74) is 0. The highest BCUT2D eigenvalue weighted by Gasteiger charge is 2.45. The standard InChI is InChI=1S/C13H18O3/c1-8(13-15-6-7-16-13)11-9-2-4-10(5-3-9)12(11)14/h2,4,8-11,13H,3,5-7H2,1H3. The van der Waals surface area contributed by atoms with Crippen LogP contribution in [0.5, 0.6) is 0 Å². The summed E-state index contributed by atoms with van der Waals surface area (Å²) in [7, 11) is 0. The molecule has 0 aromatic carbocycles. The Morgan fingerprint density at radius 3 is 2.56 bits per heavy atom. The molecule has 4 atom stereocenters. The molecule has 2 fully saturated rings. The first kappa shape index (κ1) is 10.5. The van der Waals surface area contributed by atoms with Crippen LogP contribution in [0.25, 0.3) is 0 Å². The zero-order chi connectivity index (χ0) is 11.1. The lowest BCUT2D eigenvalue weighted by atomic mass is 9.64. The molecule has 0 spiro atoms. The molecular weight excluding hydrogens is 204 g/mol. The molecule has 16 heavy (non-hydrogen) atoms. The van der Waals surface area contributed by atoms with E-state index in [0.717, 1.165) is 12.8 Å². The van der Waals surface area contributed by atoms with E-state index in [1.54, 1.807) is 0 Å². The third kappa shape index (κ3) is 1.54. The average Bonchev–Trinajstić information content (AvgIpc) is 2.83. The number of rotatable bonds is 2. The van der Waals surface area contributed by atoms with Gasteiger partial charge in [0.1, 0.15) is 5.78 Å². The normalized spacial score (nSPS) is 40.6. The highest BCUT2D eigenvalue weighted by molar-refractivity contribution is 5.87. The molecule has 4 unspecified atom stereocenters. The molecule has 1 saturated heterocycles. The quantitative estimate of drug-likeness (QED) is 0.668. The summed E-state index contributed by atoms with van der Waals surface area (Å²) in [5, 5.41) is 0. The molecular formula is C13H18O3. The number of ketones is 1. The Labute approximate surface area is 95.8 Å². The zero-order valence-corrected chi connectivity index (χ0v) is 9.59. The van der Waals surface area contributed by atoms with Gasteiger partial charge in [-0.1, -0.05) is 19.1 Å². The maximum absolute atomic E-state index is 12.2. The maximum Gasteiger partial charge on any atom is 0.161 e. The van der Waals surface area contributed by atoms with E-state index in [2.05, 4.69) is 19.1 Å². The van der Waals surface area contributed by atoms with Gasteiger partial charge in [-0.3, -0.25) is 4.79 Å². The Morgan fingerprint density at radius 2 is 2.00 bits per heavy atom. The van der Waals surface area contributed by atoms with Crippen molar-refractivity contribution in [2.45, 2.75) is 26.1 Å². The molecule has 0 radical (unpaired) electrons. The van der Waals surface area contributed by atoms with Gasteiger partial charge in [0.15, 0.2) is 6.29 Å². The van der Waals surface area contributed by atoms with E-state index in [1.165, 1.54) is 0 Å². The van der Waals surface area contributed by atoms with E-state index in [1.807, 2.05) is 0 Å². The first-order valence-corrected chi connectivity index (χ1v) is 6.22. The molecule has 3 aliphatic carbocycles. The van der Waals surface area contributed by atoms with Crippen LogP contribution in [0.1, 0.15) is 19.8 Å². The lowest BCUT2D eigenvalue weighted by Crippen LogP contribution is -2.44. The average molecular weight is 222 g/mol. The number of hydrogen-bond donors (Lipinski definition) is 0. The van der Waals surface area contributed by atoms with Crippen molar-refractivity contribution < 1.29 is 14.3 Å². The van der Waals surface area contributed by atoms with Crippen LogP contribution in [0.15, 0.2) is 12.2 Å². The Morgan fingerprint density at radius 1 is 1.25 bits per heavy atom. The van der Waals surface area contributed by atoms with Gasteiger partial charge in [0.25, 0.3) is 0 Å². The molecule has 0 aromatic rings. The lowest BCUT2D eigenvalue weighted by Gasteiger charge is -2.40. The Kier molecular flexibility index (Phi) is 2.60. The van der Waals surface area contributed by atoms with Crippen molar-refractivity contribution >= 4 is 5.78 Å². The number of carbonyl (C=O) groups excluding carboxylic acids is 1. The van der Waals surface area contributed by atoms with Gasteiger partial charge < -0.3 is 9.47 Å². The van der Waals surface area contributed by atoms with E-state index >= 15 is 0 Å². The first-order valence-electron chi connectivity index (χ1n) is 6.22. The second-order valence-electron chi connectivity index (χ2n) is 5.13. The predicted octanol–water partition coefficient (Wildman–Crippen LogP) is 1.78. The van der Waals surface area contributed by atoms with Crippen LogP contribution in [0.3, 0.4) is 0 Å². The summed E-state index contributed by atoms with van der Waals surface area (Å²) >= 11 is 0. The smallest absolute Gasteiger partial charge is 0.161 e. The third-order valence-corrected chi connectivity index (χ3v) is 4.20. The minimum atomic E-state index is -0.165. The highest BCUT2D eigenvalue weighted by Crippen LogP contribution is 2.43. The van der Waals surface area contributed by atoms with E-state index in [4.69, 9.17) is 9.47 Å². The zero-order valence-electron chi connectivity index (χ0n) is 9.59. The molecule has 4 aliphatic rings. The van der Waals surface area contributed by atoms with Gasteiger partial charge in [-0.15, -0.1) is 0 Å². The van der Waals surface area contributed by atoms with Crippen LogP contribution in [-0.2, 0) is 14.3 Å². The van der Waals surface area contributed by atoms with Crippen LogP contribution in [-0.4, -0.2) is 25.3 Å². The highest BCUT2D eigenvalue weighted by atomic mass is 16.7. The second-order valence-corrected chi connectivity index (χ2v) is 5.13. The van der Waals surface area contributed by atoms with E-state index in [0.29, 0.717) is 24.9 Å². The number of carbonyl (C=O) groups is 1. The number of hydrogen-bond acceptors (Lipinski definition) is 3. The van der Waals surface area contributed by atoms with Gasteiger partial charge in [-0.25, -0.2) is 0 Å². The van der Waals surface area contributed by atoms with Crippen molar-refractivity contribution in [1.29, 1.82) is 0 Å². The number of fused-ring (bicyclic) bond motifs is 2. The van der Waals surface area contributed by atoms with Crippen LogP contribution in [0, 0.1) is 23.7 Å². The summed E-state index contributed by atoms with van der Waals surface area (Å²) < 4.78 is 11.1. The van der Waals surface area contributed by atoms with Gasteiger partial charge >= 0.3 is 0 Å². The van der Waals surface area contributed by atoms with Gasteiger partial charge in [-0.2, -0.15) is 0 Å². The summed E-state index contributed by atoms with van der Waals surface area (Å²) in [4.78, 5) is 12.2. The SMILES string of the molecule is CC(C1OCCO1)C1C(=O)C2C=CC1CC2. The molecule has 0 amide bonds. The van der Waals surface area contributed by atoms with Crippen molar-refractivity contribution in [1.82, 2.24) is 0 Å². The van der Waals surface area contributed by atoms with Crippen LogP contribution < -0.4 is 0 Å². The number of allylic oxidation sites excluding steroid dienone is 2. The van der Waals surface area contributed by atoms with E-state index < -0.39 is 0 Å². The van der Waals surface area contributed by atoms with Crippen molar-refractivity contribution in [3.8, 4) is 0 Å². The van der Waals surface area contributed by atoms with Crippen molar-refractivity contribution in [2.24, 2.45) is 23.7 Å². The fraction of sp³-hybridized carbons (Fsp3) is 0.769. The van der Waals surface area contributed by atoms with Gasteiger partial charge in [-0.05, 0) is 18.8 Å². The summed E-state index contributed by atoms with van der Waals surface area (Å²) in [6.07, 6.45) is 6.34. The topological polar surface area (TPSA) is 35.5 Å². The van der Waals surface area contributed by atoms with Crippen molar-refractivity contribution in [3.05, 3.63) is 12.2 Å². The molecule has 3 nitrogen and oxygen atoms in total. The molecule has 88 valence electrons. The second kappa shape index (κ2) is 3.97. The largest absolute Gasteiger partial charge is 0.350 e. The Bertz CT molecular complexity index is 317. The molecule has 3 heteroatoms. The molecule has 4 rings (SSSR count). The van der Waals surface area contributed by atoms with E-state index in [-0.39, 0.29) is 24.0 Å². The summed E-state index contributed by atoms with van der Waals surface area (Å²) in [6, 6.07) is 0. The van der Waals surface area contributed by atoms with Gasteiger partial charge in [0, 0.05) is 17.8 Å². The monoisotopic (exact) mass is 222 g/mol. The molecule has 2 bridgehead atoms. The lowest BCUT2D eigenvalue weighted by molar-refractivity contribution is -0.144. The minimum Gasteiger partial charge on any atom is -0.350 e. The fourth-order valence-electron chi connectivity index (χ4n) is 3.33. The Hall–Kier alpha value is -0.670. The van der Waals surface area contributed by atoms with E-state index in [9.17, 15) is 4.79 Å². The van der Waals surface area contributed by atoms with Gasteiger partial charge in [0.05, 0.1) is 13.2 Å². The van der Waals surface area contributed by atoms with Crippen molar-refractivity contribution in [3.63, 3.8) is 0 Å². The minimum absolute atomic E-state index is 0.117. The number of ether oxygens (including phenoxy) is 2. The molecule has 0 aromatic heterocycles. The van der Waals surface area contributed by atoms with Crippen LogP contribution in [0.4, 0.5) is 0 Å². The number of Topliss-reactive ketones (excluding diaryl/α,β-unsaturated/α-hetero) is 1. The van der Waals surface area contributed by atoms with Gasteiger partial charge in [0.2, 0.25) is 0 Å². The van der Waals surface area contributed by atoms with Crippen molar-refractivity contribution in [2.75, 3.05) is 13.2 Å². The first-order chi connectivity index (χ1) is 7.77. The predicted molar refractivity (Wildman–Crippen MR) is 58.7 cm³/mol. The third-order valence-electron chi connectivity index (χ3n) is 4.20. The molecule has 1 heterocycles. The Balaban J connectivity index is 1.78. The molecule has 1 saturated carbocycles. The summed E-state index contributed by atoms with van der Waals surface area (Å²) in [5.74, 6) is 1.30. The maximum atomic E-state index is 12.2. The summed E-state index contributed by atoms with van der Waals surface area (Å²) in [6.45, 7) is 3.42. The molecule has 0 N–H and O–H groups in total. The fourth-order valence-corrected chi connectivity index (χ4v) is 3.33. The van der Waals surface area contributed by atoms with Crippen LogP contribution in [0.2, 0.25) is 0 Å².